The van der Waals surface area contributed by atoms with Gasteiger partial charge in [-0.25, -0.2) is 4.99 Å². The molecule has 0 saturated heterocycles. The minimum absolute atomic E-state index is 0.126. The summed E-state index contributed by atoms with van der Waals surface area (Å²) in [5.41, 5.74) is 4.03. The van der Waals surface area contributed by atoms with Gasteiger partial charge in [-0.3, -0.25) is 0 Å². The summed E-state index contributed by atoms with van der Waals surface area (Å²) in [5.74, 6) is -0.979. The molecule has 3 heterocycles. The molecule has 0 spiro atoms. The summed E-state index contributed by atoms with van der Waals surface area (Å²) in [4.78, 5) is 8.88. The summed E-state index contributed by atoms with van der Waals surface area (Å²) in [7, 11) is 0. The normalized spacial score (nSPS) is 29.7. The number of halogens is 3. The minimum atomic E-state index is -4.34. The number of fused-ring (bicyclic) bond motifs is 4. The van der Waals surface area contributed by atoms with Crippen LogP contribution in [0.15, 0.2) is 77.7 Å². The zero-order valence-electron chi connectivity index (χ0n) is 20.7. The Hall–Kier alpha value is -3.02. The maximum absolute atomic E-state index is 13.9. The van der Waals surface area contributed by atoms with Crippen LogP contribution in [-0.2, 0) is 5.41 Å². The van der Waals surface area contributed by atoms with Gasteiger partial charge in [0.1, 0.15) is 6.17 Å². The summed E-state index contributed by atoms with van der Waals surface area (Å²) < 4.78 is 41.7. The molecule has 35 heavy (non-hydrogen) atoms. The van der Waals surface area contributed by atoms with Crippen molar-refractivity contribution in [2.24, 2.45) is 16.3 Å². The van der Waals surface area contributed by atoms with E-state index in [1.807, 2.05) is 43.3 Å². The topological polar surface area (TPSA) is 18.8 Å². The van der Waals surface area contributed by atoms with Crippen molar-refractivity contribution in [2.45, 2.75) is 64.7 Å². The van der Waals surface area contributed by atoms with Crippen LogP contribution in [0.25, 0.3) is 0 Å². The second-order valence-corrected chi connectivity index (χ2v) is 10.1. The molecule has 0 fully saturated rings. The fourth-order valence-electron chi connectivity index (χ4n) is 6.68. The second-order valence-electron chi connectivity index (χ2n) is 10.1. The van der Waals surface area contributed by atoms with Crippen LogP contribution in [0.4, 0.5) is 24.5 Å². The van der Waals surface area contributed by atoms with Crippen LogP contribution in [-0.4, -0.2) is 18.6 Å². The summed E-state index contributed by atoms with van der Waals surface area (Å²) in [5, 5.41) is 0. The summed E-state index contributed by atoms with van der Waals surface area (Å²) in [6.45, 7) is 12.9. The first-order valence-corrected chi connectivity index (χ1v) is 12.4. The molecule has 3 aliphatic rings. The van der Waals surface area contributed by atoms with E-state index in [-0.39, 0.29) is 23.4 Å². The molecule has 0 radical (unpaired) electrons. The number of aliphatic imine (C=N–C) groups is 1. The van der Waals surface area contributed by atoms with Gasteiger partial charge in [0, 0.05) is 34.8 Å². The van der Waals surface area contributed by atoms with Gasteiger partial charge in [-0.05, 0) is 43.0 Å². The highest BCUT2D eigenvalue weighted by molar-refractivity contribution is 5.79. The van der Waals surface area contributed by atoms with Crippen molar-refractivity contribution in [3.63, 3.8) is 0 Å². The van der Waals surface area contributed by atoms with E-state index in [0.29, 0.717) is 11.5 Å². The number of para-hydroxylation sites is 2. The van der Waals surface area contributed by atoms with Crippen molar-refractivity contribution in [1.29, 1.82) is 0 Å². The number of hydrogen-bond donors (Lipinski definition) is 0. The van der Waals surface area contributed by atoms with Crippen molar-refractivity contribution < 1.29 is 13.2 Å². The number of nitrogens with zero attached hydrogens (tertiary/aromatic N) is 3. The molecule has 2 aromatic rings. The Bertz CT molecular complexity index is 1230. The lowest BCUT2D eigenvalue weighted by Gasteiger charge is -2.59. The Morgan fingerprint density at radius 1 is 1.03 bits per heavy atom. The molecular formula is C29H32F3N3. The van der Waals surface area contributed by atoms with Crippen LogP contribution >= 0.6 is 0 Å². The van der Waals surface area contributed by atoms with Crippen LogP contribution in [0, 0.1) is 18.3 Å². The summed E-state index contributed by atoms with van der Waals surface area (Å²) in [6, 6.07) is 16.2. The first-order valence-electron chi connectivity index (χ1n) is 12.4. The molecule has 3 nitrogen and oxygen atoms in total. The lowest BCUT2D eigenvalue weighted by atomic mass is 9.54. The number of anilines is 2. The highest BCUT2D eigenvalue weighted by Gasteiger charge is 2.62. The Morgan fingerprint density at radius 2 is 1.69 bits per heavy atom. The van der Waals surface area contributed by atoms with Crippen molar-refractivity contribution in [1.82, 2.24) is 0 Å². The third-order valence-corrected chi connectivity index (χ3v) is 8.73. The van der Waals surface area contributed by atoms with Gasteiger partial charge < -0.3 is 9.80 Å². The zero-order chi connectivity index (χ0) is 25.2. The number of rotatable bonds is 4. The van der Waals surface area contributed by atoms with Gasteiger partial charge in [0.05, 0.1) is 11.6 Å². The number of alkyl halides is 3. The Balaban J connectivity index is 1.83. The zero-order valence-corrected chi connectivity index (χ0v) is 20.7. The fourth-order valence-corrected chi connectivity index (χ4v) is 6.68. The van der Waals surface area contributed by atoms with E-state index < -0.39 is 12.1 Å². The molecule has 5 rings (SSSR count). The third-order valence-electron chi connectivity index (χ3n) is 8.73. The van der Waals surface area contributed by atoms with Gasteiger partial charge in [0.2, 0.25) is 0 Å². The quantitative estimate of drug-likeness (QED) is 0.418. The molecule has 184 valence electrons. The SMILES string of the molecule is C=CC1(CC)c2ccccc2N2C3=C(CC(C(F)(F)F)C=N3)N(c3ccccc3C)C2C1(C)CC. The van der Waals surface area contributed by atoms with Crippen molar-refractivity contribution in [2.75, 3.05) is 9.80 Å². The standard InChI is InChI=1S/C29H32F3N3/c1-6-27(5)26-34(22-15-11-9-13-19(22)4)24-17-20(29(30,31)32)18-33-25(24)35(26)23-16-12-10-14-21(23)28(27,7-2)8-3/h7,9-16,18,20,26H,2,6,8,17H2,1,3-5H3. The van der Waals surface area contributed by atoms with E-state index in [0.717, 1.165) is 41.6 Å². The van der Waals surface area contributed by atoms with E-state index in [2.05, 4.69) is 60.4 Å². The van der Waals surface area contributed by atoms with E-state index in [1.54, 1.807) is 0 Å². The largest absolute Gasteiger partial charge is 0.397 e. The lowest BCUT2D eigenvalue weighted by Crippen LogP contribution is -2.63. The average Bonchev–Trinajstić information content (AvgIpc) is 3.20. The van der Waals surface area contributed by atoms with Gasteiger partial charge in [0.15, 0.2) is 5.82 Å². The van der Waals surface area contributed by atoms with Gasteiger partial charge in [-0.2, -0.15) is 13.2 Å². The molecule has 6 heteroatoms. The predicted octanol–water partition coefficient (Wildman–Crippen LogP) is 7.73. The maximum Gasteiger partial charge on any atom is 0.397 e. The molecule has 0 saturated carbocycles. The third kappa shape index (κ3) is 3.08. The number of aryl methyl sites for hydroxylation is 1. The molecule has 0 N–H and O–H groups in total. The van der Waals surface area contributed by atoms with Gasteiger partial charge in [0.25, 0.3) is 0 Å². The van der Waals surface area contributed by atoms with Crippen LogP contribution < -0.4 is 9.80 Å². The molecule has 4 unspecified atom stereocenters. The molecular weight excluding hydrogens is 447 g/mol. The van der Waals surface area contributed by atoms with E-state index in [4.69, 9.17) is 0 Å². The molecule has 0 aromatic heterocycles. The molecule has 3 aliphatic heterocycles. The average molecular weight is 480 g/mol. The lowest BCUT2D eigenvalue weighted by molar-refractivity contribution is -0.154. The number of allylic oxidation sites excluding steroid dienone is 2. The highest BCUT2D eigenvalue weighted by atomic mass is 19.4. The van der Waals surface area contributed by atoms with Crippen LogP contribution in [0.5, 0.6) is 0 Å². The number of benzene rings is 2. The Labute approximate surface area is 205 Å². The van der Waals surface area contributed by atoms with Gasteiger partial charge in [-0.1, -0.05) is 63.2 Å². The Kier molecular flexibility index (Phi) is 5.42. The minimum Gasteiger partial charge on any atom is -0.319 e. The first kappa shape index (κ1) is 23.7. The highest BCUT2D eigenvalue weighted by Crippen LogP contribution is 2.63. The maximum atomic E-state index is 13.9. The Morgan fingerprint density at radius 3 is 2.29 bits per heavy atom. The van der Waals surface area contributed by atoms with Gasteiger partial charge in [-0.15, -0.1) is 6.58 Å². The van der Waals surface area contributed by atoms with E-state index in [1.165, 1.54) is 0 Å². The van der Waals surface area contributed by atoms with Gasteiger partial charge >= 0.3 is 6.18 Å². The summed E-state index contributed by atoms with van der Waals surface area (Å²) >= 11 is 0. The fraction of sp³-hybridized carbons (Fsp3) is 0.414. The first-order chi connectivity index (χ1) is 16.6. The predicted molar refractivity (Wildman–Crippen MR) is 137 cm³/mol. The monoisotopic (exact) mass is 479 g/mol. The molecule has 0 aliphatic carbocycles. The van der Waals surface area contributed by atoms with E-state index in [9.17, 15) is 13.2 Å². The van der Waals surface area contributed by atoms with Crippen LogP contribution in [0.1, 0.15) is 51.2 Å². The van der Waals surface area contributed by atoms with Crippen molar-refractivity contribution >= 4 is 17.6 Å². The number of hydrogen-bond acceptors (Lipinski definition) is 3. The second kappa shape index (κ2) is 8.00. The van der Waals surface area contributed by atoms with Crippen LogP contribution in [0.2, 0.25) is 0 Å². The molecule has 4 atom stereocenters. The molecule has 0 amide bonds. The smallest absolute Gasteiger partial charge is 0.319 e. The van der Waals surface area contributed by atoms with E-state index >= 15 is 0 Å². The van der Waals surface area contributed by atoms with Crippen molar-refractivity contribution in [3.8, 4) is 0 Å². The van der Waals surface area contributed by atoms with Crippen molar-refractivity contribution in [3.05, 3.63) is 83.8 Å². The summed E-state index contributed by atoms with van der Waals surface area (Å²) in [6.07, 6.45) is 0.109. The molecule has 2 aromatic carbocycles. The molecule has 0 bridgehead atoms. The van der Waals surface area contributed by atoms with Crippen LogP contribution in [0.3, 0.4) is 0 Å².